The topological polar surface area (TPSA) is 52.6 Å². The average Bonchev–Trinajstić information content (AvgIpc) is 2.59. The smallest absolute Gasteiger partial charge is 0.434 e. The molecule has 0 bridgehead atoms. The van der Waals surface area contributed by atoms with E-state index in [4.69, 9.17) is 0 Å². The quantitative estimate of drug-likeness (QED) is 0.443. The van der Waals surface area contributed by atoms with E-state index >= 15 is 0 Å². The summed E-state index contributed by atoms with van der Waals surface area (Å²) in [6.07, 6.45) is -32.5. The van der Waals surface area contributed by atoms with Gasteiger partial charge in [0.1, 0.15) is 0 Å². The van der Waals surface area contributed by atoms with Crippen molar-refractivity contribution < 1.29 is 71.7 Å². The number of hydrogen-bond donors (Lipinski definition) is 0. The van der Waals surface area contributed by atoms with Gasteiger partial charge in [0.2, 0.25) is 0 Å². The number of carbonyl (C=O) groups is 2. The maximum Gasteiger partial charge on any atom is 0.434 e. The Hall–Kier alpha value is -1.90. The van der Waals surface area contributed by atoms with E-state index in [2.05, 4.69) is 9.47 Å². The largest absolute Gasteiger partial charge is 0.442 e. The van der Waals surface area contributed by atoms with Gasteiger partial charge in [-0.15, -0.1) is 0 Å². The van der Waals surface area contributed by atoms with Crippen LogP contribution < -0.4 is 0 Å². The summed E-state index contributed by atoms with van der Waals surface area (Å²) in [6.45, 7) is 0. The molecule has 4 nitrogen and oxygen atoms in total. The Morgan fingerprint density at radius 3 is 0.844 bits per heavy atom. The van der Waals surface area contributed by atoms with Gasteiger partial charge in [-0.1, -0.05) is 0 Å². The lowest BCUT2D eigenvalue weighted by molar-refractivity contribution is -0.630. The molecule has 32 heavy (non-hydrogen) atoms. The molecule has 0 aromatic rings. The van der Waals surface area contributed by atoms with E-state index < -0.39 is 95.2 Å². The second-order valence-electron chi connectivity index (χ2n) is 8.76. The average molecular weight is 492 g/mol. The van der Waals surface area contributed by atoms with Crippen LogP contribution in [0.4, 0.5) is 52.7 Å². The summed E-state index contributed by atoms with van der Waals surface area (Å²) in [4.78, 5) is 24.4. The molecule has 6 rings (SSSR count). The molecule has 0 unspecified atom stereocenters. The number of esters is 2. The molecule has 6 aliphatic rings. The molecule has 0 aromatic carbocycles. The Balaban J connectivity index is 1.30. The summed E-state index contributed by atoms with van der Waals surface area (Å²) in [5, 5.41) is 0. The summed E-state index contributed by atoms with van der Waals surface area (Å²) in [5.41, 5.74) is -3.41. The molecule has 0 aromatic heterocycles. The maximum absolute atomic E-state index is 12.6. The lowest BCUT2D eigenvalue weighted by Crippen LogP contribution is -3.12. The molecular formula is C16H8F12O4. The number of rotatable bonds is 4. The van der Waals surface area contributed by atoms with E-state index in [1.54, 1.807) is 0 Å². The van der Waals surface area contributed by atoms with Crippen molar-refractivity contribution in [3.05, 3.63) is 0 Å². The highest BCUT2D eigenvalue weighted by Crippen LogP contribution is 3.10. The minimum atomic E-state index is -5.94. The molecule has 180 valence electrons. The number of halogens is 12. The van der Waals surface area contributed by atoms with Crippen LogP contribution in [-0.4, -0.2) is 48.9 Å². The number of hydrogen-bond acceptors (Lipinski definition) is 4. The van der Waals surface area contributed by atoms with Crippen LogP contribution in [0.2, 0.25) is 0 Å². The van der Waals surface area contributed by atoms with Crippen molar-refractivity contribution >= 4 is 11.9 Å². The Kier molecular flexibility index (Phi) is 3.60. The molecule has 16 heteroatoms. The highest BCUT2D eigenvalue weighted by molar-refractivity contribution is 5.97. The highest BCUT2D eigenvalue weighted by Gasteiger charge is 3.14. The number of alkyl halides is 12. The summed E-state index contributed by atoms with van der Waals surface area (Å²) in [5.74, 6) is -9.13. The predicted molar refractivity (Wildman–Crippen MR) is 69.8 cm³/mol. The van der Waals surface area contributed by atoms with Crippen LogP contribution in [0.3, 0.4) is 0 Å². The fourth-order valence-corrected chi connectivity index (χ4v) is 7.40. The van der Waals surface area contributed by atoms with E-state index in [0.29, 0.717) is 0 Å². The Labute approximate surface area is 168 Å². The van der Waals surface area contributed by atoms with E-state index in [1.165, 1.54) is 0 Å². The summed E-state index contributed by atoms with van der Waals surface area (Å²) < 4.78 is 159. The van der Waals surface area contributed by atoms with E-state index in [-0.39, 0.29) is 0 Å². The van der Waals surface area contributed by atoms with Crippen molar-refractivity contribution in [2.45, 2.75) is 36.9 Å². The van der Waals surface area contributed by atoms with Crippen LogP contribution in [0.1, 0.15) is 0 Å². The second-order valence-corrected chi connectivity index (χ2v) is 8.76. The van der Waals surface area contributed by atoms with Gasteiger partial charge in [0.15, 0.2) is 0 Å². The van der Waals surface area contributed by atoms with Crippen LogP contribution in [0, 0.1) is 46.3 Å². The molecule has 0 amide bonds. The zero-order chi connectivity index (χ0) is 24.2. The van der Waals surface area contributed by atoms with Gasteiger partial charge in [-0.25, -0.2) is 0 Å². The molecule has 0 aliphatic heterocycles. The Bertz CT molecular complexity index is 756. The third kappa shape index (κ3) is 1.98. The summed E-state index contributed by atoms with van der Waals surface area (Å²) >= 11 is 0. The Morgan fingerprint density at radius 2 is 0.688 bits per heavy atom. The van der Waals surface area contributed by atoms with Gasteiger partial charge in [-0.3, -0.25) is 9.59 Å². The van der Waals surface area contributed by atoms with Gasteiger partial charge in [-0.05, 0) is 35.5 Å². The molecule has 0 saturated heterocycles. The zero-order valence-electron chi connectivity index (χ0n) is 14.8. The molecule has 6 fully saturated rings. The minimum Gasteiger partial charge on any atom is -0.442 e. The van der Waals surface area contributed by atoms with Gasteiger partial charge in [-0.2, -0.15) is 52.7 Å². The number of ether oxygens (including phenoxy) is 2. The first-order chi connectivity index (χ1) is 14.3. The van der Waals surface area contributed by atoms with Crippen LogP contribution >= 0.6 is 0 Å². The van der Waals surface area contributed by atoms with Crippen molar-refractivity contribution in [1.82, 2.24) is 0 Å². The number of carbonyl (C=O) groups excluding carboxylic acids is 2. The minimum absolute atomic E-state index is 0.931. The molecule has 6 saturated carbocycles. The molecule has 0 spiro atoms. The first kappa shape index (κ1) is 21.9. The van der Waals surface area contributed by atoms with Crippen molar-refractivity contribution in [3.8, 4) is 0 Å². The van der Waals surface area contributed by atoms with Gasteiger partial charge < -0.3 is 9.47 Å². The molecular weight excluding hydrogens is 484 g/mol. The monoisotopic (exact) mass is 492 g/mol. The third-order valence-electron chi connectivity index (χ3n) is 7.98. The molecule has 0 radical (unpaired) electrons. The van der Waals surface area contributed by atoms with Gasteiger partial charge in [0, 0.05) is 0 Å². The molecule has 0 atom stereocenters. The first-order valence-electron chi connectivity index (χ1n) is 8.94. The van der Waals surface area contributed by atoms with Crippen molar-refractivity contribution in [2.75, 3.05) is 0 Å². The molecule has 6 aliphatic carbocycles. The predicted octanol–water partition coefficient (Wildman–Crippen LogP) is 3.80. The summed E-state index contributed by atoms with van der Waals surface area (Å²) in [7, 11) is 0. The first-order valence-corrected chi connectivity index (χ1v) is 8.94. The van der Waals surface area contributed by atoms with Crippen LogP contribution in [0.15, 0.2) is 0 Å². The van der Waals surface area contributed by atoms with Crippen molar-refractivity contribution in [2.24, 2.45) is 46.3 Å². The molecule has 0 N–H and O–H groups in total. The van der Waals surface area contributed by atoms with Crippen molar-refractivity contribution in [1.29, 1.82) is 0 Å². The fraction of sp³-hybridized carbons (Fsp3) is 0.875. The summed E-state index contributed by atoms with van der Waals surface area (Å²) in [6, 6.07) is 0. The fourth-order valence-electron chi connectivity index (χ4n) is 7.40. The lowest BCUT2D eigenvalue weighted by atomic mass is 8.92. The van der Waals surface area contributed by atoms with Gasteiger partial charge in [0.05, 0.1) is 10.8 Å². The SMILES string of the molecule is O=C(OC(C(F)(F)F)C(F)(F)F)C12C3C4C1C1C2C3C41C(=O)OC(C(F)(F)F)C(F)(F)F. The molecule has 0 heterocycles. The van der Waals surface area contributed by atoms with Crippen LogP contribution in [-0.2, 0) is 19.1 Å². The van der Waals surface area contributed by atoms with Gasteiger partial charge in [0.25, 0.3) is 12.2 Å². The van der Waals surface area contributed by atoms with Crippen LogP contribution in [0.5, 0.6) is 0 Å². The van der Waals surface area contributed by atoms with E-state index in [9.17, 15) is 62.3 Å². The van der Waals surface area contributed by atoms with Gasteiger partial charge >= 0.3 is 36.6 Å². The van der Waals surface area contributed by atoms with Crippen LogP contribution in [0.25, 0.3) is 0 Å². The standard InChI is InChI=1S/C16H8F12O4/c17-13(18,19)7(14(20,21)22)31-9(29)11-1-2-4(11)6-5(11)3(1)12(2,6)10(30)32-8(15(23,24)25)16(26,27)28/h1-8H. The highest BCUT2D eigenvalue weighted by atomic mass is 19.4. The second kappa shape index (κ2) is 5.26. The van der Waals surface area contributed by atoms with E-state index in [1.807, 2.05) is 0 Å². The Morgan fingerprint density at radius 1 is 0.500 bits per heavy atom. The van der Waals surface area contributed by atoms with Crippen molar-refractivity contribution in [3.63, 3.8) is 0 Å². The zero-order valence-corrected chi connectivity index (χ0v) is 14.8. The maximum atomic E-state index is 12.6. The lowest BCUT2D eigenvalue weighted by Gasteiger charge is -3.08. The van der Waals surface area contributed by atoms with E-state index in [0.717, 1.165) is 0 Å². The third-order valence-corrected chi connectivity index (χ3v) is 7.98. The normalized spacial score (nSPS) is 42.8.